The first kappa shape index (κ1) is 28.8. The monoisotopic (exact) mass is 547 g/mol. The molecule has 4 rings (SSSR count). The maximum atomic E-state index is 13.5. The minimum absolute atomic E-state index is 0.0743. The second-order valence-corrected chi connectivity index (χ2v) is 10.6. The third-order valence-electron chi connectivity index (χ3n) is 7.25. The van der Waals surface area contributed by atoms with Crippen LogP contribution < -0.4 is 21.3 Å². The molecule has 4 atom stereocenters. The smallest absolute Gasteiger partial charge is 0.326 e. The maximum Gasteiger partial charge on any atom is 0.326 e. The van der Waals surface area contributed by atoms with Crippen molar-refractivity contribution < 1.29 is 24.3 Å². The molecule has 1 saturated heterocycles. The molecule has 0 bridgehead atoms. The SMILES string of the molecule is CC(C)C(NC(=O)C(Cc1ccccc1)NC(=O)C1CCCN1)C(=O)NC(Cc1c[nH]c2ccccc12)C(=O)O. The van der Waals surface area contributed by atoms with Crippen molar-refractivity contribution >= 4 is 34.6 Å². The van der Waals surface area contributed by atoms with Crippen LogP contribution in [0.1, 0.15) is 37.8 Å². The van der Waals surface area contributed by atoms with Gasteiger partial charge in [0.15, 0.2) is 0 Å². The van der Waals surface area contributed by atoms with E-state index in [-0.39, 0.29) is 30.7 Å². The molecule has 3 amide bonds. The quantitative estimate of drug-likeness (QED) is 0.204. The summed E-state index contributed by atoms with van der Waals surface area (Å²) >= 11 is 0. The Labute approximate surface area is 233 Å². The summed E-state index contributed by atoms with van der Waals surface area (Å²) in [5, 5.41) is 22.2. The largest absolute Gasteiger partial charge is 0.480 e. The molecular formula is C30H37N5O5. The predicted octanol–water partition coefficient (Wildman–Crippen LogP) is 1.90. The summed E-state index contributed by atoms with van der Waals surface area (Å²) in [5.74, 6) is -2.88. The molecule has 1 aliphatic rings. The van der Waals surface area contributed by atoms with E-state index >= 15 is 0 Å². The number of rotatable bonds is 12. The Bertz CT molecular complexity index is 1330. The Morgan fingerprint density at radius 3 is 2.30 bits per heavy atom. The summed E-state index contributed by atoms with van der Waals surface area (Å²) in [6.45, 7) is 4.28. The fraction of sp³-hybridized carbons (Fsp3) is 0.400. The second kappa shape index (κ2) is 13.3. The number of carboxylic acid groups (broad SMARTS) is 1. The van der Waals surface area contributed by atoms with Gasteiger partial charge in [0.25, 0.3) is 0 Å². The highest BCUT2D eigenvalue weighted by molar-refractivity contribution is 5.94. The highest BCUT2D eigenvalue weighted by Crippen LogP contribution is 2.19. The first-order valence-electron chi connectivity index (χ1n) is 13.7. The molecule has 3 aromatic rings. The average Bonchev–Trinajstić information content (AvgIpc) is 3.62. The number of para-hydroxylation sites is 1. The number of benzene rings is 2. The number of carboxylic acids is 1. The summed E-state index contributed by atoms with van der Waals surface area (Å²) < 4.78 is 0. The highest BCUT2D eigenvalue weighted by Gasteiger charge is 2.33. The van der Waals surface area contributed by atoms with Crippen molar-refractivity contribution in [1.29, 1.82) is 0 Å². The second-order valence-electron chi connectivity index (χ2n) is 10.6. The van der Waals surface area contributed by atoms with Crippen LogP contribution in [-0.2, 0) is 32.0 Å². The van der Waals surface area contributed by atoms with Gasteiger partial charge in [-0.05, 0) is 42.5 Å². The zero-order valence-corrected chi connectivity index (χ0v) is 22.8. The zero-order valence-electron chi connectivity index (χ0n) is 22.8. The van der Waals surface area contributed by atoms with Crippen LogP contribution in [0.15, 0.2) is 60.8 Å². The van der Waals surface area contributed by atoms with Gasteiger partial charge >= 0.3 is 5.97 Å². The molecule has 0 saturated carbocycles. The highest BCUT2D eigenvalue weighted by atomic mass is 16.4. The molecule has 0 aliphatic carbocycles. The number of amides is 3. The third kappa shape index (κ3) is 7.26. The summed E-state index contributed by atoms with van der Waals surface area (Å²) in [7, 11) is 0. The number of aliphatic carboxylic acids is 1. The molecule has 4 unspecified atom stereocenters. The molecule has 10 heteroatoms. The molecule has 2 heterocycles. The van der Waals surface area contributed by atoms with Crippen LogP contribution in [0.2, 0.25) is 0 Å². The molecule has 1 fully saturated rings. The van der Waals surface area contributed by atoms with Gasteiger partial charge in [0.2, 0.25) is 17.7 Å². The van der Waals surface area contributed by atoms with E-state index in [9.17, 15) is 24.3 Å². The van der Waals surface area contributed by atoms with E-state index in [0.717, 1.165) is 35.0 Å². The Balaban J connectivity index is 1.47. The lowest BCUT2D eigenvalue weighted by Gasteiger charge is -2.27. The molecule has 1 aliphatic heterocycles. The fourth-order valence-electron chi connectivity index (χ4n) is 5.01. The Kier molecular flexibility index (Phi) is 9.55. The molecule has 10 nitrogen and oxygen atoms in total. The van der Waals surface area contributed by atoms with Gasteiger partial charge in [-0.25, -0.2) is 4.79 Å². The van der Waals surface area contributed by atoms with Crippen LogP contribution in [0.5, 0.6) is 0 Å². The standard InChI is InChI=1S/C30H37N5O5/c1-18(2)26(29(38)34-25(30(39)40)16-20-17-32-22-12-7-6-11-21(20)22)35-28(37)24(15-19-9-4-3-5-10-19)33-27(36)23-13-8-14-31-23/h3-7,9-12,17-18,23-26,31-32H,8,13-16H2,1-2H3,(H,33,36)(H,34,38)(H,35,37)(H,39,40). The fourth-order valence-corrected chi connectivity index (χ4v) is 5.01. The lowest BCUT2D eigenvalue weighted by Crippen LogP contribution is -2.59. The molecular weight excluding hydrogens is 510 g/mol. The van der Waals surface area contributed by atoms with Crippen molar-refractivity contribution in [3.63, 3.8) is 0 Å². The van der Waals surface area contributed by atoms with Crippen LogP contribution in [0.4, 0.5) is 0 Å². The lowest BCUT2D eigenvalue weighted by atomic mass is 9.99. The van der Waals surface area contributed by atoms with Crippen molar-refractivity contribution in [3.8, 4) is 0 Å². The van der Waals surface area contributed by atoms with Crippen molar-refractivity contribution in [1.82, 2.24) is 26.3 Å². The number of aromatic amines is 1. The average molecular weight is 548 g/mol. The minimum atomic E-state index is -1.20. The molecule has 0 spiro atoms. The first-order chi connectivity index (χ1) is 19.2. The zero-order chi connectivity index (χ0) is 28.6. The lowest BCUT2D eigenvalue weighted by molar-refractivity contribution is -0.142. The van der Waals surface area contributed by atoms with Crippen LogP contribution in [-0.4, -0.2) is 64.5 Å². The topological polar surface area (TPSA) is 152 Å². The van der Waals surface area contributed by atoms with Gasteiger partial charge in [-0.2, -0.15) is 0 Å². The number of hydrogen-bond acceptors (Lipinski definition) is 5. The van der Waals surface area contributed by atoms with Crippen LogP contribution in [0, 0.1) is 5.92 Å². The number of fused-ring (bicyclic) bond motifs is 1. The normalized spacial score (nSPS) is 17.2. The Morgan fingerprint density at radius 2 is 1.62 bits per heavy atom. The van der Waals surface area contributed by atoms with Gasteiger partial charge in [0, 0.05) is 29.9 Å². The number of hydrogen-bond donors (Lipinski definition) is 6. The third-order valence-corrected chi connectivity index (χ3v) is 7.25. The van der Waals surface area contributed by atoms with Crippen molar-refractivity contribution in [2.75, 3.05) is 6.54 Å². The Morgan fingerprint density at radius 1 is 0.900 bits per heavy atom. The van der Waals surface area contributed by atoms with E-state index < -0.39 is 35.9 Å². The van der Waals surface area contributed by atoms with Gasteiger partial charge in [-0.1, -0.05) is 62.4 Å². The van der Waals surface area contributed by atoms with Crippen LogP contribution in [0.25, 0.3) is 10.9 Å². The molecule has 40 heavy (non-hydrogen) atoms. The van der Waals surface area contributed by atoms with Gasteiger partial charge < -0.3 is 31.4 Å². The van der Waals surface area contributed by atoms with E-state index in [2.05, 4.69) is 26.3 Å². The summed E-state index contributed by atoms with van der Waals surface area (Å²) in [6, 6.07) is 13.4. The summed E-state index contributed by atoms with van der Waals surface area (Å²) in [6.07, 6.45) is 3.63. The number of aromatic nitrogens is 1. The predicted molar refractivity (Wildman–Crippen MR) is 151 cm³/mol. The summed E-state index contributed by atoms with van der Waals surface area (Å²) in [4.78, 5) is 54.9. The van der Waals surface area contributed by atoms with E-state index in [1.165, 1.54) is 0 Å². The van der Waals surface area contributed by atoms with Crippen LogP contribution >= 0.6 is 0 Å². The van der Waals surface area contributed by atoms with E-state index in [1.54, 1.807) is 20.0 Å². The number of carbonyl (C=O) groups is 4. The van der Waals surface area contributed by atoms with Crippen molar-refractivity contribution in [3.05, 3.63) is 71.9 Å². The van der Waals surface area contributed by atoms with Gasteiger partial charge in [0.1, 0.15) is 18.1 Å². The number of nitrogens with one attached hydrogen (secondary N) is 5. The van der Waals surface area contributed by atoms with E-state index in [4.69, 9.17) is 0 Å². The van der Waals surface area contributed by atoms with E-state index in [1.807, 2.05) is 54.6 Å². The molecule has 6 N–H and O–H groups in total. The van der Waals surface area contributed by atoms with Gasteiger partial charge in [-0.3, -0.25) is 14.4 Å². The van der Waals surface area contributed by atoms with Gasteiger partial charge in [-0.15, -0.1) is 0 Å². The molecule has 1 aromatic heterocycles. The summed E-state index contributed by atoms with van der Waals surface area (Å²) in [5.41, 5.74) is 2.50. The molecule has 212 valence electrons. The number of carbonyl (C=O) groups excluding carboxylic acids is 3. The maximum absolute atomic E-state index is 13.5. The van der Waals surface area contributed by atoms with E-state index in [0.29, 0.717) is 6.42 Å². The number of H-pyrrole nitrogens is 1. The minimum Gasteiger partial charge on any atom is -0.480 e. The van der Waals surface area contributed by atoms with Crippen molar-refractivity contribution in [2.45, 2.75) is 63.7 Å². The van der Waals surface area contributed by atoms with Crippen LogP contribution in [0.3, 0.4) is 0 Å². The first-order valence-corrected chi connectivity index (χ1v) is 13.7. The van der Waals surface area contributed by atoms with Gasteiger partial charge in [0.05, 0.1) is 6.04 Å². The Hall–Kier alpha value is -4.18. The molecule has 2 aromatic carbocycles. The van der Waals surface area contributed by atoms with Crippen molar-refractivity contribution in [2.24, 2.45) is 5.92 Å². The molecule has 0 radical (unpaired) electrons.